The average Bonchev–Trinajstić information content (AvgIpc) is 3.42. The molecule has 0 saturated carbocycles. The second-order valence-electron chi connectivity index (χ2n) is 9.71. The van der Waals surface area contributed by atoms with E-state index in [-0.39, 0.29) is 12.5 Å². The number of carbonyl (C=O) groups is 1. The Bertz CT molecular complexity index is 1630. The summed E-state index contributed by atoms with van der Waals surface area (Å²) < 4.78 is 13.4. The van der Waals surface area contributed by atoms with E-state index in [1.54, 1.807) is 30.6 Å². The Kier molecular flexibility index (Phi) is 7.73. The monoisotopic (exact) mass is 567 g/mol. The molecule has 1 aliphatic rings. The number of fused-ring (bicyclic) bond motifs is 1. The fourth-order valence-corrected chi connectivity index (χ4v) is 5.25. The highest BCUT2D eigenvalue weighted by atomic mass is 35.5. The zero-order valence-electron chi connectivity index (χ0n) is 22.7. The van der Waals surface area contributed by atoms with Crippen LogP contribution in [0.5, 0.6) is 11.5 Å². The molecule has 0 bridgehead atoms. The minimum absolute atomic E-state index is 0.0114. The molecule has 0 unspecified atom stereocenters. The van der Waals surface area contributed by atoms with E-state index in [2.05, 4.69) is 27.8 Å². The van der Waals surface area contributed by atoms with Gasteiger partial charge in [-0.3, -0.25) is 4.79 Å². The summed E-state index contributed by atoms with van der Waals surface area (Å²) in [6.45, 7) is 5.05. The first-order valence-electron chi connectivity index (χ1n) is 13.7. The minimum atomic E-state index is -0.0425. The Balaban J connectivity index is 1.26. The largest absolute Gasteiger partial charge is 0.494 e. The molecule has 208 valence electrons. The Morgan fingerprint density at radius 1 is 0.854 bits per heavy atom. The fourth-order valence-electron chi connectivity index (χ4n) is 5.12. The molecule has 1 fully saturated rings. The standard InChI is InChI=1S/C32H30ClN5O3/c1-2-40-26-14-10-25(11-15-26)38-20-28(23-6-4-3-5-7-23)30-31(34-22-35-32(30)38)37-18-16-36(17-19-37)29(39)21-41-27-12-8-24(33)9-13-27/h3-15,20,22H,2,16-19,21H2,1H3. The Morgan fingerprint density at radius 2 is 1.54 bits per heavy atom. The molecule has 2 aromatic heterocycles. The summed E-state index contributed by atoms with van der Waals surface area (Å²) in [5.41, 5.74) is 3.96. The summed E-state index contributed by atoms with van der Waals surface area (Å²) in [5.74, 6) is 2.27. The van der Waals surface area contributed by atoms with Crippen molar-refractivity contribution in [3.8, 4) is 28.3 Å². The van der Waals surface area contributed by atoms with Crippen molar-refractivity contribution < 1.29 is 14.3 Å². The van der Waals surface area contributed by atoms with Crippen LogP contribution in [0.2, 0.25) is 5.02 Å². The van der Waals surface area contributed by atoms with Crippen LogP contribution >= 0.6 is 11.6 Å². The van der Waals surface area contributed by atoms with Gasteiger partial charge in [0.05, 0.1) is 12.0 Å². The van der Waals surface area contributed by atoms with Gasteiger partial charge in [0.25, 0.3) is 5.91 Å². The lowest BCUT2D eigenvalue weighted by atomic mass is 10.1. The van der Waals surface area contributed by atoms with E-state index in [0.29, 0.717) is 43.6 Å². The first kappa shape index (κ1) is 26.7. The zero-order valence-corrected chi connectivity index (χ0v) is 23.5. The van der Waals surface area contributed by atoms with Crippen LogP contribution in [0.3, 0.4) is 0 Å². The van der Waals surface area contributed by atoms with E-state index in [4.69, 9.17) is 31.0 Å². The highest BCUT2D eigenvalue weighted by molar-refractivity contribution is 6.30. The molecule has 0 N–H and O–H groups in total. The number of rotatable bonds is 8. The van der Waals surface area contributed by atoms with Crippen molar-refractivity contribution in [1.29, 1.82) is 0 Å². The van der Waals surface area contributed by atoms with Crippen molar-refractivity contribution in [2.75, 3.05) is 44.3 Å². The van der Waals surface area contributed by atoms with Crippen LogP contribution < -0.4 is 14.4 Å². The van der Waals surface area contributed by atoms with Gasteiger partial charge >= 0.3 is 0 Å². The molecule has 8 nitrogen and oxygen atoms in total. The summed E-state index contributed by atoms with van der Waals surface area (Å²) in [5, 5.41) is 1.61. The molecule has 5 aromatic rings. The van der Waals surface area contributed by atoms with Gasteiger partial charge in [-0.15, -0.1) is 0 Å². The fraction of sp³-hybridized carbons (Fsp3) is 0.219. The van der Waals surface area contributed by atoms with E-state index >= 15 is 0 Å². The summed E-state index contributed by atoms with van der Waals surface area (Å²) in [6, 6.07) is 25.3. The molecule has 9 heteroatoms. The number of hydrogen-bond donors (Lipinski definition) is 0. The molecule has 41 heavy (non-hydrogen) atoms. The smallest absolute Gasteiger partial charge is 0.260 e. The van der Waals surface area contributed by atoms with Crippen molar-refractivity contribution in [3.05, 3.63) is 96.4 Å². The van der Waals surface area contributed by atoms with Crippen LogP contribution in [-0.4, -0.2) is 64.7 Å². The first-order chi connectivity index (χ1) is 20.1. The quantitative estimate of drug-likeness (QED) is 0.234. The number of ether oxygens (including phenoxy) is 2. The topological polar surface area (TPSA) is 72.7 Å². The van der Waals surface area contributed by atoms with Crippen molar-refractivity contribution in [2.24, 2.45) is 0 Å². The maximum Gasteiger partial charge on any atom is 0.260 e. The summed E-state index contributed by atoms with van der Waals surface area (Å²) in [6.07, 6.45) is 3.75. The maximum absolute atomic E-state index is 12.9. The number of piperazine rings is 1. The maximum atomic E-state index is 12.9. The van der Waals surface area contributed by atoms with Crippen molar-refractivity contribution in [1.82, 2.24) is 19.4 Å². The molecular formula is C32H30ClN5O3. The molecule has 1 aliphatic heterocycles. The number of nitrogens with zero attached hydrogens (tertiary/aromatic N) is 5. The van der Waals surface area contributed by atoms with Crippen molar-refractivity contribution >= 4 is 34.4 Å². The molecule has 0 spiro atoms. The van der Waals surface area contributed by atoms with Gasteiger partial charge in [-0.25, -0.2) is 9.97 Å². The number of aromatic nitrogens is 3. The Hall–Kier alpha value is -4.56. The molecule has 1 saturated heterocycles. The summed E-state index contributed by atoms with van der Waals surface area (Å²) >= 11 is 5.94. The summed E-state index contributed by atoms with van der Waals surface area (Å²) in [4.78, 5) is 26.4. The van der Waals surface area contributed by atoms with Crippen molar-refractivity contribution in [2.45, 2.75) is 6.92 Å². The number of amides is 1. The predicted octanol–water partition coefficient (Wildman–Crippen LogP) is 5.87. The zero-order chi connectivity index (χ0) is 28.2. The first-order valence-corrected chi connectivity index (χ1v) is 14.0. The van der Waals surface area contributed by atoms with Gasteiger partial charge in [0.1, 0.15) is 23.6 Å². The lowest BCUT2D eigenvalue weighted by Crippen LogP contribution is -2.50. The van der Waals surface area contributed by atoms with Gasteiger partial charge in [-0.05, 0) is 61.0 Å². The van der Waals surface area contributed by atoms with Gasteiger partial charge in [-0.1, -0.05) is 41.9 Å². The highest BCUT2D eigenvalue weighted by Crippen LogP contribution is 2.37. The van der Waals surface area contributed by atoms with E-state index in [0.717, 1.165) is 39.4 Å². The van der Waals surface area contributed by atoms with Gasteiger partial charge < -0.3 is 23.8 Å². The van der Waals surface area contributed by atoms with Gasteiger partial charge in [0, 0.05) is 48.6 Å². The summed E-state index contributed by atoms with van der Waals surface area (Å²) in [7, 11) is 0. The molecule has 0 aliphatic carbocycles. The van der Waals surface area contributed by atoms with Gasteiger partial charge in [0.15, 0.2) is 12.3 Å². The Morgan fingerprint density at radius 3 is 2.24 bits per heavy atom. The number of halogens is 1. The normalized spacial score (nSPS) is 13.4. The lowest BCUT2D eigenvalue weighted by molar-refractivity contribution is -0.133. The van der Waals surface area contributed by atoms with Crippen molar-refractivity contribution in [3.63, 3.8) is 0 Å². The number of hydrogen-bond acceptors (Lipinski definition) is 6. The predicted molar refractivity (Wildman–Crippen MR) is 161 cm³/mol. The molecule has 1 amide bonds. The third-order valence-corrected chi connectivity index (χ3v) is 7.43. The minimum Gasteiger partial charge on any atom is -0.494 e. The molecule has 0 atom stereocenters. The van der Waals surface area contributed by atoms with Crippen LogP contribution in [0.15, 0.2) is 91.4 Å². The SMILES string of the molecule is CCOc1ccc(-n2cc(-c3ccccc3)c3c(N4CCN(C(=O)COc5ccc(Cl)cc5)CC4)ncnc32)cc1. The van der Waals surface area contributed by atoms with Gasteiger partial charge in [0.2, 0.25) is 0 Å². The molecule has 3 aromatic carbocycles. The van der Waals surface area contributed by atoms with Crippen LogP contribution in [0.1, 0.15) is 6.92 Å². The van der Waals surface area contributed by atoms with E-state index in [9.17, 15) is 4.79 Å². The third-order valence-electron chi connectivity index (χ3n) is 7.18. The average molecular weight is 568 g/mol. The highest BCUT2D eigenvalue weighted by Gasteiger charge is 2.26. The molecule has 3 heterocycles. The van der Waals surface area contributed by atoms with Gasteiger partial charge in [-0.2, -0.15) is 0 Å². The van der Waals surface area contributed by atoms with Crippen LogP contribution in [0.4, 0.5) is 5.82 Å². The van der Waals surface area contributed by atoms with E-state index in [1.807, 2.05) is 54.3 Å². The van der Waals surface area contributed by atoms with Crippen LogP contribution in [0, 0.1) is 0 Å². The van der Waals surface area contributed by atoms with Crippen LogP contribution in [-0.2, 0) is 4.79 Å². The Labute approximate surface area is 243 Å². The second kappa shape index (κ2) is 11.9. The number of anilines is 1. The number of carbonyl (C=O) groups excluding carboxylic acids is 1. The molecular weight excluding hydrogens is 538 g/mol. The van der Waals surface area contributed by atoms with E-state index in [1.165, 1.54) is 0 Å². The van der Waals surface area contributed by atoms with E-state index < -0.39 is 0 Å². The molecule has 6 rings (SSSR count). The number of benzene rings is 3. The second-order valence-corrected chi connectivity index (χ2v) is 10.1. The molecule has 0 radical (unpaired) electrons. The lowest BCUT2D eigenvalue weighted by Gasteiger charge is -2.35. The van der Waals surface area contributed by atoms with Crippen LogP contribution in [0.25, 0.3) is 27.8 Å². The third kappa shape index (κ3) is 5.69.